The van der Waals surface area contributed by atoms with Gasteiger partial charge in [-0.05, 0) is 35.4 Å². The van der Waals surface area contributed by atoms with E-state index in [-0.39, 0.29) is 18.1 Å². The van der Waals surface area contributed by atoms with Crippen LogP contribution in [0.3, 0.4) is 0 Å². The summed E-state index contributed by atoms with van der Waals surface area (Å²) in [6, 6.07) is 8.16. The topological polar surface area (TPSA) is 67.9 Å². The molecule has 0 radical (unpaired) electrons. The number of carbonyl (C=O) groups excluding carboxylic acids is 2. The number of ether oxygens (including phenoxy) is 2. The van der Waals surface area contributed by atoms with E-state index in [1.165, 1.54) is 12.5 Å². The Balaban J connectivity index is 1.40. The number of anilines is 1. The van der Waals surface area contributed by atoms with Gasteiger partial charge < -0.3 is 14.8 Å². The Kier molecular flexibility index (Phi) is 3.49. The van der Waals surface area contributed by atoms with Gasteiger partial charge in [0, 0.05) is 12.6 Å². The van der Waals surface area contributed by atoms with Crippen molar-refractivity contribution in [1.82, 2.24) is 5.32 Å². The molecule has 0 aromatic heterocycles. The molecular weight excluding hydrogens is 296 g/mol. The van der Waals surface area contributed by atoms with Crippen LogP contribution in [0.15, 0.2) is 24.3 Å². The first-order valence-corrected chi connectivity index (χ1v) is 8.04. The molecule has 1 saturated carbocycles. The van der Waals surface area contributed by atoms with Crippen LogP contribution in [0, 0.1) is 11.8 Å². The Bertz CT molecular complexity index is 620. The molecule has 23 heavy (non-hydrogen) atoms. The zero-order chi connectivity index (χ0) is 16.0. The monoisotopic (exact) mass is 316 g/mol. The lowest BCUT2D eigenvalue weighted by Gasteiger charge is -2.14. The molecule has 4 atom stereocenters. The fraction of sp³-hybridized carbons (Fsp3) is 0.529. The average molecular weight is 316 g/mol. The number of nitrogens with zero attached hydrogens (tertiary/aromatic N) is 1. The van der Waals surface area contributed by atoms with E-state index in [4.69, 9.17) is 9.47 Å². The highest BCUT2D eigenvalue weighted by atomic mass is 16.6. The second-order valence-electron chi connectivity index (χ2n) is 6.54. The standard InChI is InChI=1S/C17H20N2O4/c1-10(20)18-6-13-7-19(17(21)23-13)12-4-2-11(3-5-12)16-14-8-22-9-15(14)16/h2-5,13-16H,6-9H2,1H3,(H,18,20)/t13-,14-,15+,16+/m0/s1. The average Bonchev–Trinajstić information content (AvgIpc) is 2.86. The van der Waals surface area contributed by atoms with Gasteiger partial charge in [0.25, 0.3) is 0 Å². The molecule has 2 heterocycles. The molecule has 2 amide bonds. The summed E-state index contributed by atoms with van der Waals surface area (Å²) >= 11 is 0. The van der Waals surface area contributed by atoms with E-state index in [0.29, 0.717) is 30.8 Å². The maximum Gasteiger partial charge on any atom is 0.414 e. The summed E-state index contributed by atoms with van der Waals surface area (Å²) in [4.78, 5) is 24.6. The van der Waals surface area contributed by atoms with E-state index >= 15 is 0 Å². The zero-order valence-corrected chi connectivity index (χ0v) is 13.0. The molecular formula is C17H20N2O4. The van der Waals surface area contributed by atoms with Crippen molar-refractivity contribution < 1.29 is 19.1 Å². The van der Waals surface area contributed by atoms with Gasteiger partial charge in [0.05, 0.1) is 26.3 Å². The van der Waals surface area contributed by atoms with Crippen LogP contribution < -0.4 is 10.2 Å². The van der Waals surface area contributed by atoms with Crippen LogP contribution in [0.4, 0.5) is 10.5 Å². The van der Waals surface area contributed by atoms with Crippen LogP contribution in [-0.2, 0) is 14.3 Å². The van der Waals surface area contributed by atoms with Gasteiger partial charge in [0.1, 0.15) is 6.10 Å². The van der Waals surface area contributed by atoms with E-state index < -0.39 is 0 Å². The minimum absolute atomic E-state index is 0.122. The van der Waals surface area contributed by atoms with Gasteiger partial charge in [-0.1, -0.05) is 12.1 Å². The van der Waals surface area contributed by atoms with Crippen molar-refractivity contribution in [2.24, 2.45) is 11.8 Å². The predicted molar refractivity (Wildman–Crippen MR) is 83.3 cm³/mol. The largest absolute Gasteiger partial charge is 0.442 e. The van der Waals surface area contributed by atoms with E-state index in [1.54, 1.807) is 4.90 Å². The quantitative estimate of drug-likeness (QED) is 0.914. The molecule has 1 aromatic rings. The maximum absolute atomic E-state index is 12.0. The lowest BCUT2D eigenvalue weighted by atomic mass is 10.1. The summed E-state index contributed by atoms with van der Waals surface area (Å²) in [5.41, 5.74) is 2.17. The van der Waals surface area contributed by atoms with Gasteiger partial charge in [-0.3, -0.25) is 9.69 Å². The normalized spacial score (nSPS) is 31.7. The third kappa shape index (κ3) is 2.67. The van der Waals surface area contributed by atoms with Crippen LogP contribution >= 0.6 is 0 Å². The Morgan fingerprint density at radius 2 is 1.96 bits per heavy atom. The first-order valence-electron chi connectivity index (χ1n) is 8.04. The summed E-state index contributed by atoms with van der Waals surface area (Å²) in [7, 11) is 0. The molecule has 1 aromatic carbocycles. The number of rotatable bonds is 4. The summed E-state index contributed by atoms with van der Waals surface area (Å²) < 4.78 is 10.7. The van der Waals surface area contributed by atoms with Crippen molar-refractivity contribution in [2.45, 2.75) is 18.9 Å². The van der Waals surface area contributed by atoms with Crippen molar-refractivity contribution in [2.75, 3.05) is 31.2 Å². The SMILES string of the molecule is CC(=O)NC[C@H]1CN(c2ccc([C@H]3[C@@H]4COC[C@@H]43)cc2)C(=O)O1. The Morgan fingerprint density at radius 3 is 2.61 bits per heavy atom. The predicted octanol–water partition coefficient (Wildman–Crippen LogP) is 1.51. The molecule has 1 N–H and O–H groups in total. The van der Waals surface area contributed by atoms with Gasteiger partial charge in [0.2, 0.25) is 5.91 Å². The van der Waals surface area contributed by atoms with E-state index in [9.17, 15) is 9.59 Å². The number of hydrogen-bond acceptors (Lipinski definition) is 4. The number of nitrogens with one attached hydrogen (secondary N) is 1. The van der Waals surface area contributed by atoms with E-state index in [2.05, 4.69) is 17.4 Å². The lowest BCUT2D eigenvalue weighted by molar-refractivity contribution is -0.119. The summed E-state index contributed by atoms with van der Waals surface area (Å²) in [6.07, 6.45) is -0.657. The van der Waals surface area contributed by atoms with Crippen LogP contribution in [0.1, 0.15) is 18.4 Å². The maximum atomic E-state index is 12.0. The van der Waals surface area contributed by atoms with Gasteiger partial charge >= 0.3 is 6.09 Å². The third-order valence-corrected chi connectivity index (χ3v) is 4.99. The second kappa shape index (κ2) is 5.53. The lowest BCUT2D eigenvalue weighted by Crippen LogP contribution is -2.33. The molecule has 1 aliphatic carbocycles. The summed E-state index contributed by atoms with van der Waals surface area (Å²) in [5.74, 6) is 1.86. The number of amides is 2. The number of carbonyl (C=O) groups is 2. The Hall–Kier alpha value is -2.08. The highest BCUT2D eigenvalue weighted by Crippen LogP contribution is 2.57. The van der Waals surface area contributed by atoms with Crippen molar-refractivity contribution in [1.29, 1.82) is 0 Å². The molecule has 2 aliphatic heterocycles. The minimum atomic E-state index is -0.357. The summed E-state index contributed by atoms with van der Waals surface area (Å²) in [6.45, 7) is 4.01. The molecule has 2 saturated heterocycles. The van der Waals surface area contributed by atoms with E-state index in [1.807, 2.05) is 12.1 Å². The fourth-order valence-corrected chi connectivity index (χ4v) is 3.71. The second-order valence-corrected chi connectivity index (χ2v) is 6.54. The number of fused-ring (bicyclic) bond motifs is 1. The minimum Gasteiger partial charge on any atom is -0.442 e. The summed E-state index contributed by atoms with van der Waals surface area (Å²) in [5, 5.41) is 2.68. The number of hydrogen-bond donors (Lipinski definition) is 1. The first kappa shape index (κ1) is 14.5. The van der Waals surface area contributed by atoms with Gasteiger partial charge in [0.15, 0.2) is 0 Å². The van der Waals surface area contributed by atoms with E-state index in [0.717, 1.165) is 18.9 Å². The fourth-order valence-electron chi connectivity index (χ4n) is 3.71. The number of benzene rings is 1. The first-order chi connectivity index (χ1) is 11.1. The van der Waals surface area contributed by atoms with Gasteiger partial charge in [-0.2, -0.15) is 0 Å². The van der Waals surface area contributed by atoms with Crippen molar-refractivity contribution in [3.8, 4) is 0 Å². The highest BCUT2D eigenvalue weighted by Gasteiger charge is 2.54. The molecule has 3 aliphatic rings. The van der Waals surface area contributed by atoms with Crippen LogP contribution in [-0.4, -0.2) is 44.4 Å². The Labute approximate surface area is 134 Å². The molecule has 122 valence electrons. The number of cyclic esters (lactones) is 1. The van der Waals surface area contributed by atoms with Crippen molar-refractivity contribution >= 4 is 17.7 Å². The molecule has 0 unspecified atom stereocenters. The Morgan fingerprint density at radius 1 is 1.26 bits per heavy atom. The van der Waals surface area contributed by atoms with Gasteiger partial charge in [-0.25, -0.2) is 4.79 Å². The van der Waals surface area contributed by atoms with Crippen LogP contribution in [0.2, 0.25) is 0 Å². The molecule has 6 heteroatoms. The molecule has 4 rings (SSSR count). The van der Waals surface area contributed by atoms with Crippen LogP contribution in [0.5, 0.6) is 0 Å². The molecule has 3 fully saturated rings. The molecule has 6 nitrogen and oxygen atoms in total. The highest BCUT2D eigenvalue weighted by molar-refractivity contribution is 5.89. The van der Waals surface area contributed by atoms with Gasteiger partial charge in [-0.15, -0.1) is 0 Å². The third-order valence-electron chi connectivity index (χ3n) is 4.99. The smallest absolute Gasteiger partial charge is 0.414 e. The van der Waals surface area contributed by atoms with Crippen molar-refractivity contribution in [3.63, 3.8) is 0 Å². The van der Waals surface area contributed by atoms with Crippen LogP contribution in [0.25, 0.3) is 0 Å². The molecule has 0 spiro atoms. The molecule has 0 bridgehead atoms. The van der Waals surface area contributed by atoms with Crippen molar-refractivity contribution in [3.05, 3.63) is 29.8 Å². The zero-order valence-electron chi connectivity index (χ0n) is 13.0.